The van der Waals surface area contributed by atoms with Crippen LogP contribution >= 0.6 is 11.6 Å². The highest BCUT2D eigenvalue weighted by Gasteiger charge is 2.19. The Morgan fingerprint density at radius 2 is 1.90 bits per heavy atom. The van der Waals surface area contributed by atoms with Crippen LogP contribution < -0.4 is 10.5 Å². The fraction of sp³-hybridized carbons (Fsp3) is 0.200. The van der Waals surface area contributed by atoms with E-state index in [1.807, 2.05) is 13.0 Å². The van der Waals surface area contributed by atoms with E-state index >= 15 is 0 Å². The van der Waals surface area contributed by atoms with Crippen molar-refractivity contribution in [1.82, 2.24) is 0 Å². The third-order valence-electron chi connectivity index (χ3n) is 3.21. The van der Waals surface area contributed by atoms with Crippen molar-refractivity contribution in [1.29, 1.82) is 0 Å². The molecule has 0 aliphatic carbocycles. The predicted octanol–water partition coefficient (Wildman–Crippen LogP) is 3.22. The van der Waals surface area contributed by atoms with Crippen molar-refractivity contribution in [2.75, 3.05) is 4.72 Å². The quantitative estimate of drug-likeness (QED) is 0.907. The van der Waals surface area contributed by atoms with Crippen molar-refractivity contribution in [2.24, 2.45) is 5.73 Å². The van der Waals surface area contributed by atoms with Gasteiger partial charge in [-0.05, 0) is 54.8 Å². The van der Waals surface area contributed by atoms with E-state index in [1.54, 1.807) is 31.2 Å². The minimum absolute atomic E-state index is 0.150. The van der Waals surface area contributed by atoms with Crippen LogP contribution in [0.5, 0.6) is 0 Å². The molecule has 0 aromatic heterocycles. The normalized spacial score (nSPS) is 11.4. The van der Waals surface area contributed by atoms with Gasteiger partial charge >= 0.3 is 0 Å². The Balaban J connectivity index is 2.47. The largest absolute Gasteiger partial charge is 0.326 e. The summed E-state index contributed by atoms with van der Waals surface area (Å²) < 4.78 is 27.7. The third kappa shape index (κ3) is 3.56. The van der Waals surface area contributed by atoms with Crippen molar-refractivity contribution in [2.45, 2.75) is 25.3 Å². The lowest BCUT2D eigenvalue weighted by Crippen LogP contribution is -2.16. The lowest BCUT2D eigenvalue weighted by Gasteiger charge is -2.14. The topological polar surface area (TPSA) is 72.2 Å². The van der Waals surface area contributed by atoms with E-state index in [1.165, 1.54) is 6.07 Å². The zero-order valence-corrected chi connectivity index (χ0v) is 13.4. The molecule has 0 amide bonds. The zero-order valence-electron chi connectivity index (χ0n) is 11.9. The molecule has 6 heteroatoms. The first-order valence-electron chi connectivity index (χ1n) is 6.42. The number of anilines is 1. The molecule has 0 spiro atoms. The van der Waals surface area contributed by atoms with Gasteiger partial charge in [0, 0.05) is 17.3 Å². The van der Waals surface area contributed by atoms with Crippen molar-refractivity contribution in [3.63, 3.8) is 0 Å². The van der Waals surface area contributed by atoms with Crippen LogP contribution in [0.2, 0.25) is 5.02 Å². The summed E-state index contributed by atoms with van der Waals surface area (Å²) in [6.45, 7) is 3.86. The number of halogens is 1. The second-order valence-corrected chi connectivity index (χ2v) is 6.95. The third-order valence-corrected chi connectivity index (χ3v) is 4.94. The number of sulfonamides is 1. The fourth-order valence-corrected chi connectivity index (χ4v) is 3.79. The number of nitrogens with one attached hydrogen (secondary N) is 1. The first-order chi connectivity index (χ1) is 9.83. The minimum Gasteiger partial charge on any atom is -0.326 e. The molecule has 0 saturated carbocycles. The Hall–Kier alpha value is -1.56. The van der Waals surface area contributed by atoms with E-state index in [-0.39, 0.29) is 11.4 Å². The highest BCUT2D eigenvalue weighted by molar-refractivity contribution is 7.92. The Bertz CT molecular complexity index is 773. The van der Waals surface area contributed by atoms with E-state index in [9.17, 15) is 8.42 Å². The van der Waals surface area contributed by atoms with Gasteiger partial charge in [0.15, 0.2) is 0 Å². The molecule has 0 unspecified atom stereocenters. The summed E-state index contributed by atoms with van der Waals surface area (Å²) in [6, 6.07) is 10.3. The molecule has 0 fully saturated rings. The van der Waals surface area contributed by atoms with Crippen molar-refractivity contribution in [3.8, 4) is 0 Å². The van der Waals surface area contributed by atoms with Gasteiger partial charge in [-0.25, -0.2) is 8.42 Å². The molecule has 0 atom stereocenters. The lowest BCUT2D eigenvalue weighted by molar-refractivity contribution is 0.600. The highest BCUT2D eigenvalue weighted by atomic mass is 35.5. The van der Waals surface area contributed by atoms with Gasteiger partial charge in [0.1, 0.15) is 0 Å². The maximum atomic E-state index is 12.5. The molecule has 2 aromatic carbocycles. The summed E-state index contributed by atoms with van der Waals surface area (Å²) in [5.74, 6) is 0. The first-order valence-corrected chi connectivity index (χ1v) is 8.28. The van der Waals surface area contributed by atoms with E-state index < -0.39 is 10.0 Å². The molecular formula is C15H17ClN2O2S. The van der Waals surface area contributed by atoms with Crippen molar-refractivity contribution >= 4 is 27.3 Å². The standard InChI is InChI=1S/C15H17ClN2O2S/c1-10-4-3-5-14(6-10)18-21(19,20)15-8-13(16)7-12(9-17)11(15)2/h3-8,18H,9,17H2,1-2H3. The smallest absolute Gasteiger partial charge is 0.262 e. The maximum absolute atomic E-state index is 12.5. The molecule has 0 radical (unpaired) electrons. The van der Waals surface area contributed by atoms with Crippen LogP contribution in [0.25, 0.3) is 0 Å². The number of aryl methyl sites for hydroxylation is 1. The van der Waals surface area contributed by atoms with E-state index in [0.717, 1.165) is 5.56 Å². The number of hydrogen-bond donors (Lipinski definition) is 2. The van der Waals surface area contributed by atoms with Crippen LogP contribution in [-0.4, -0.2) is 8.42 Å². The van der Waals surface area contributed by atoms with Crippen LogP contribution in [0.3, 0.4) is 0 Å². The maximum Gasteiger partial charge on any atom is 0.262 e. The van der Waals surface area contributed by atoms with Crippen LogP contribution in [0.15, 0.2) is 41.3 Å². The molecule has 0 bridgehead atoms. The monoisotopic (exact) mass is 324 g/mol. The molecule has 2 aromatic rings. The molecule has 0 aliphatic heterocycles. The van der Waals surface area contributed by atoms with Gasteiger partial charge in [0.05, 0.1) is 4.90 Å². The van der Waals surface area contributed by atoms with E-state index in [4.69, 9.17) is 17.3 Å². The van der Waals surface area contributed by atoms with Crippen molar-refractivity contribution < 1.29 is 8.42 Å². The van der Waals surface area contributed by atoms with Gasteiger partial charge in [-0.15, -0.1) is 0 Å². The number of hydrogen-bond acceptors (Lipinski definition) is 3. The summed E-state index contributed by atoms with van der Waals surface area (Å²) in [7, 11) is -3.71. The average molecular weight is 325 g/mol. The number of nitrogens with two attached hydrogens (primary N) is 1. The summed E-state index contributed by atoms with van der Waals surface area (Å²) in [5.41, 5.74) is 8.45. The predicted molar refractivity (Wildman–Crippen MR) is 86.1 cm³/mol. The molecule has 3 N–H and O–H groups in total. The molecule has 0 aliphatic rings. The second-order valence-electron chi connectivity index (χ2n) is 4.87. The van der Waals surface area contributed by atoms with E-state index in [2.05, 4.69) is 4.72 Å². The Kier molecular flexibility index (Phi) is 4.56. The Morgan fingerprint density at radius 1 is 1.19 bits per heavy atom. The molecule has 21 heavy (non-hydrogen) atoms. The fourth-order valence-electron chi connectivity index (χ4n) is 2.12. The van der Waals surface area contributed by atoms with Gasteiger partial charge in [-0.1, -0.05) is 23.7 Å². The van der Waals surface area contributed by atoms with Gasteiger partial charge in [0.25, 0.3) is 10.0 Å². The summed E-state index contributed by atoms with van der Waals surface area (Å²) in [4.78, 5) is 0.150. The molecule has 0 saturated heterocycles. The molecule has 2 rings (SSSR count). The number of rotatable bonds is 4. The molecule has 112 valence electrons. The van der Waals surface area contributed by atoms with Crippen LogP contribution in [0, 0.1) is 13.8 Å². The molecule has 4 nitrogen and oxygen atoms in total. The average Bonchev–Trinajstić information content (AvgIpc) is 2.40. The second kappa shape index (κ2) is 6.05. The molecular weight excluding hydrogens is 308 g/mol. The zero-order chi connectivity index (χ0) is 15.6. The first kappa shape index (κ1) is 15.8. The van der Waals surface area contributed by atoms with Crippen LogP contribution in [0.4, 0.5) is 5.69 Å². The summed E-state index contributed by atoms with van der Waals surface area (Å²) >= 11 is 5.99. The van der Waals surface area contributed by atoms with Gasteiger partial charge in [-0.2, -0.15) is 0 Å². The number of benzene rings is 2. The van der Waals surface area contributed by atoms with Gasteiger partial charge in [0.2, 0.25) is 0 Å². The van der Waals surface area contributed by atoms with E-state index in [0.29, 0.717) is 21.8 Å². The SMILES string of the molecule is Cc1cccc(NS(=O)(=O)c2cc(Cl)cc(CN)c2C)c1. The van der Waals surface area contributed by atoms with Crippen molar-refractivity contribution in [3.05, 3.63) is 58.1 Å². The molecule has 0 heterocycles. The van der Waals surface area contributed by atoms with Gasteiger partial charge in [-0.3, -0.25) is 4.72 Å². The lowest BCUT2D eigenvalue weighted by atomic mass is 10.1. The van der Waals surface area contributed by atoms with Gasteiger partial charge < -0.3 is 5.73 Å². The summed E-state index contributed by atoms with van der Waals surface area (Å²) in [5, 5.41) is 0.352. The van der Waals surface area contributed by atoms with Crippen LogP contribution in [0.1, 0.15) is 16.7 Å². The highest BCUT2D eigenvalue weighted by Crippen LogP contribution is 2.26. The summed E-state index contributed by atoms with van der Waals surface area (Å²) in [6.07, 6.45) is 0. The van der Waals surface area contributed by atoms with Crippen LogP contribution in [-0.2, 0) is 16.6 Å². The Morgan fingerprint density at radius 3 is 2.52 bits per heavy atom. The Labute approximate surface area is 130 Å². The minimum atomic E-state index is -3.71.